The zero-order chi connectivity index (χ0) is 12.6. The first-order chi connectivity index (χ1) is 7.51. The summed E-state index contributed by atoms with van der Waals surface area (Å²) in [7, 11) is 1.28. The Morgan fingerprint density at radius 2 is 2.19 bits per heavy atom. The van der Waals surface area contributed by atoms with Crippen molar-refractivity contribution >= 4 is 23.6 Å². The van der Waals surface area contributed by atoms with Crippen molar-refractivity contribution in [2.45, 2.75) is 31.6 Å². The van der Waals surface area contributed by atoms with Crippen LogP contribution in [0.5, 0.6) is 0 Å². The summed E-state index contributed by atoms with van der Waals surface area (Å²) in [5.74, 6) is -0.328. The molecule has 0 fully saturated rings. The molecule has 0 bridgehead atoms. The van der Waals surface area contributed by atoms with Gasteiger partial charge in [-0.3, -0.25) is 4.79 Å². The minimum atomic E-state index is -0.645. The Bertz CT molecular complexity index is 288. The molecule has 0 aliphatic carbocycles. The molecule has 0 heterocycles. The Labute approximate surface area is 99.5 Å². The summed E-state index contributed by atoms with van der Waals surface area (Å²) in [4.78, 5) is 22.2. The van der Waals surface area contributed by atoms with Gasteiger partial charge in [0.05, 0.1) is 13.2 Å². The molecule has 0 aliphatic heterocycles. The third-order valence-corrected chi connectivity index (χ3v) is 3.05. The van der Waals surface area contributed by atoms with Crippen LogP contribution in [0.1, 0.15) is 20.3 Å². The molecule has 2 unspecified atom stereocenters. The van der Waals surface area contributed by atoms with E-state index in [2.05, 4.69) is 16.1 Å². The van der Waals surface area contributed by atoms with Crippen LogP contribution in [0, 0.1) is 11.3 Å². The third kappa shape index (κ3) is 6.30. The van der Waals surface area contributed by atoms with Crippen molar-refractivity contribution in [2.75, 3.05) is 12.9 Å². The van der Waals surface area contributed by atoms with Gasteiger partial charge in [-0.05, 0) is 0 Å². The van der Waals surface area contributed by atoms with Gasteiger partial charge in [-0.1, -0.05) is 6.92 Å². The van der Waals surface area contributed by atoms with E-state index in [0.29, 0.717) is 12.2 Å². The standard InChI is InChI=1S/C10H16N2O3S/c1-7(4-5-11)16-6-9(10(14)15-3)12-8(2)13/h7,9H,4,6H2,1-3H3,(H,12,13). The fourth-order valence-electron chi connectivity index (χ4n) is 1.00. The van der Waals surface area contributed by atoms with Crippen LogP contribution in [-0.2, 0) is 14.3 Å². The molecule has 90 valence electrons. The highest BCUT2D eigenvalue weighted by Crippen LogP contribution is 2.15. The molecule has 0 saturated carbocycles. The maximum absolute atomic E-state index is 11.3. The van der Waals surface area contributed by atoms with E-state index in [1.165, 1.54) is 25.8 Å². The number of hydrogen-bond acceptors (Lipinski definition) is 5. The van der Waals surface area contributed by atoms with Gasteiger partial charge >= 0.3 is 5.97 Å². The summed E-state index contributed by atoms with van der Waals surface area (Å²) in [6, 6.07) is 1.41. The van der Waals surface area contributed by atoms with Crippen LogP contribution in [0.4, 0.5) is 0 Å². The topological polar surface area (TPSA) is 79.2 Å². The van der Waals surface area contributed by atoms with Crippen molar-refractivity contribution in [1.29, 1.82) is 5.26 Å². The molecule has 0 aromatic carbocycles. The molecule has 1 N–H and O–H groups in total. The Kier molecular flexibility index (Phi) is 7.38. The number of hydrogen-bond donors (Lipinski definition) is 1. The predicted molar refractivity (Wildman–Crippen MR) is 61.8 cm³/mol. The molecule has 0 aromatic heterocycles. The molecule has 0 spiro atoms. The van der Waals surface area contributed by atoms with Gasteiger partial charge in [0.1, 0.15) is 6.04 Å². The number of esters is 1. The van der Waals surface area contributed by atoms with Crippen LogP contribution in [0.25, 0.3) is 0 Å². The van der Waals surface area contributed by atoms with Crippen LogP contribution in [0.15, 0.2) is 0 Å². The molecule has 6 heteroatoms. The molecule has 0 rings (SSSR count). The van der Waals surface area contributed by atoms with Crippen molar-refractivity contribution in [3.63, 3.8) is 0 Å². The Balaban J connectivity index is 4.17. The lowest BCUT2D eigenvalue weighted by molar-refractivity contribution is -0.144. The smallest absolute Gasteiger partial charge is 0.329 e. The average molecular weight is 244 g/mol. The van der Waals surface area contributed by atoms with Crippen LogP contribution < -0.4 is 5.32 Å². The molecule has 1 amide bonds. The number of nitrogens with one attached hydrogen (secondary N) is 1. The Hall–Kier alpha value is -1.22. The highest BCUT2D eigenvalue weighted by Gasteiger charge is 2.20. The average Bonchev–Trinajstić information content (AvgIpc) is 2.23. The Morgan fingerprint density at radius 3 is 2.62 bits per heavy atom. The van der Waals surface area contributed by atoms with E-state index in [1.807, 2.05) is 6.92 Å². The summed E-state index contributed by atoms with van der Waals surface area (Å²) >= 11 is 1.46. The molecule has 5 nitrogen and oxygen atoms in total. The van der Waals surface area contributed by atoms with E-state index in [9.17, 15) is 9.59 Å². The summed E-state index contributed by atoms with van der Waals surface area (Å²) in [5.41, 5.74) is 0. The van der Waals surface area contributed by atoms with E-state index < -0.39 is 12.0 Å². The first kappa shape index (κ1) is 14.8. The van der Waals surface area contributed by atoms with Crippen LogP contribution >= 0.6 is 11.8 Å². The largest absolute Gasteiger partial charge is 0.467 e. The van der Waals surface area contributed by atoms with E-state index in [0.717, 1.165) is 0 Å². The van der Waals surface area contributed by atoms with Gasteiger partial charge in [0.25, 0.3) is 0 Å². The second-order valence-electron chi connectivity index (χ2n) is 3.28. The lowest BCUT2D eigenvalue weighted by Gasteiger charge is -2.16. The quantitative estimate of drug-likeness (QED) is 0.696. The van der Waals surface area contributed by atoms with Crippen molar-refractivity contribution in [3.8, 4) is 6.07 Å². The molecule has 0 aliphatic rings. The van der Waals surface area contributed by atoms with Crippen LogP contribution in [-0.4, -0.2) is 36.0 Å². The lowest BCUT2D eigenvalue weighted by atomic mass is 10.3. The third-order valence-electron chi connectivity index (χ3n) is 1.79. The number of rotatable bonds is 6. The monoisotopic (exact) mass is 244 g/mol. The van der Waals surface area contributed by atoms with E-state index in [4.69, 9.17) is 5.26 Å². The van der Waals surface area contributed by atoms with Gasteiger partial charge in [0.2, 0.25) is 5.91 Å². The maximum atomic E-state index is 11.3. The highest BCUT2D eigenvalue weighted by molar-refractivity contribution is 7.99. The molecular weight excluding hydrogens is 228 g/mol. The number of amides is 1. The number of carbonyl (C=O) groups is 2. The van der Waals surface area contributed by atoms with Crippen LogP contribution in [0.3, 0.4) is 0 Å². The van der Waals surface area contributed by atoms with Gasteiger partial charge in [0, 0.05) is 24.3 Å². The number of thioether (sulfide) groups is 1. The van der Waals surface area contributed by atoms with E-state index in [-0.39, 0.29) is 11.2 Å². The molecule has 0 saturated heterocycles. The van der Waals surface area contributed by atoms with Gasteiger partial charge in [-0.25, -0.2) is 4.79 Å². The fraction of sp³-hybridized carbons (Fsp3) is 0.700. The second-order valence-corrected chi connectivity index (χ2v) is 4.75. The van der Waals surface area contributed by atoms with Crippen LogP contribution in [0.2, 0.25) is 0 Å². The fourth-order valence-corrected chi connectivity index (χ4v) is 1.94. The molecule has 0 aromatic rings. The number of carbonyl (C=O) groups excluding carboxylic acids is 2. The summed E-state index contributed by atoms with van der Waals surface area (Å²) in [5, 5.41) is 11.1. The van der Waals surface area contributed by atoms with E-state index in [1.54, 1.807) is 0 Å². The predicted octanol–water partition coefficient (Wildman–Crippen LogP) is 0.699. The zero-order valence-corrected chi connectivity index (χ0v) is 10.5. The molecule has 0 radical (unpaired) electrons. The second kappa shape index (κ2) is 7.99. The SMILES string of the molecule is COC(=O)C(CSC(C)CC#N)NC(C)=O. The molecule has 2 atom stereocenters. The highest BCUT2D eigenvalue weighted by atomic mass is 32.2. The van der Waals surface area contributed by atoms with E-state index >= 15 is 0 Å². The summed E-state index contributed by atoms with van der Waals surface area (Å²) in [6.07, 6.45) is 0.415. The zero-order valence-electron chi connectivity index (χ0n) is 9.65. The summed E-state index contributed by atoms with van der Waals surface area (Å²) in [6.45, 7) is 3.25. The lowest BCUT2D eigenvalue weighted by Crippen LogP contribution is -2.42. The number of nitriles is 1. The van der Waals surface area contributed by atoms with Gasteiger partial charge in [-0.15, -0.1) is 0 Å². The molecular formula is C10H16N2O3S. The number of ether oxygens (including phenoxy) is 1. The Morgan fingerprint density at radius 1 is 1.56 bits per heavy atom. The van der Waals surface area contributed by atoms with Gasteiger partial charge in [-0.2, -0.15) is 17.0 Å². The number of methoxy groups -OCH3 is 1. The minimum Gasteiger partial charge on any atom is -0.467 e. The number of nitrogens with zero attached hydrogens (tertiary/aromatic N) is 1. The first-order valence-electron chi connectivity index (χ1n) is 4.84. The van der Waals surface area contributed by atoms with Gasteiger partial charge < -0.3 is 10.1 Å². The van der Waals surface area contributed by atoms with Crippen molar-refractivity contribution in [2.24, 2.45) is 0 Å². The van der Waals surface area contributed by atoms with Crippen molar-refractivity contribution in [1.82, 2.24) is 5.32 Å². The van der Waals surface area contributed by atoms with Gasteiger partial charge in [0.15, 0.2) is 0 Å². The maximum Gasteiger partial charge on any atom is 0.329 e. The summed E-state index contributed by atoms with van der Waals surface area (Å²) < 4.78 is 4.57. The normalized spacial score (nSPS) is 13.4. The van der Waals surface area contributed by atoms with Crippen molar-refractivity contribution < 1.29 is 14.3 Å². The molecule has 16 heavy (non-hydrogen) atoms. The first-order valence-corrected chi connectivity index (χ1v) is 5.89. The van der Waals surface area contributed by atoms with Crippen molar-refractivity contribution in [3.05, 3.63) is 0 Å². The minimum absolute atomic E-state index is 0.130.